The van der Waals surface area contributed by atoms with Crippen molar-refractivity contribution < 1.29 is 4.52 Å². The normalized spacial score (nSPS) is 13.6. The molecule has 0 radical (unpaired) electrons. The molecule has 0 aliphatic carbocycles. The van der Waals surface area contributed by atoms with Crippen LogP contribution in [0.3, 0.4) is 0 Å². The Morgan fingerprint density at radius 3 is 2.62 bits per heavy atom. The van der Waals surface area contributed by atoms with Crippen molar-refractivity contribution in [2.75, 3.05) is 20.4 Å². The maximum atomic E-state index is 5.15. The molecule has 0 aliphatic heterocycles. The maximum Gasteiger partial charge on any atom is 0.244 e. The van der Waals surface area contributed by atoms with Gasteiger partial charge in [-0.25, -0.2) is 0 Å². The predicted octanol–water partition coefficient (Wildman–Crippen LogP) is 1.80. The highest BCUT2D eigenvalue weighted by Gasteiger charge is 2.18. The molecule has 0 fully saturated rings. The third-order valence-electron chi connectivity index (χ3n) is 1.90. The average Bonchev–Trinajstić information content (AvgIpc) is 2.53. The molecular weight excluding hydrogens is 186 g/mol. The van der Waals surface area contributed by atoms with Gasteiger partial charge in [-0.15, -0.1) is 0 Å². The van der Waals surface area contributed by atoms with Gasteiger partial charge in [0, 0.05) is 0 Å². The summed E-state index contributed by atoms with van der Waals surface area (Å²) in [7, 11) is 4.02. The molecule has 1 unspecified atom stereocenters. The fourth-order valence-corrected chi connectivity index (χ4v) is 1.49. The van der Waals surface area contributed by atoms with Crippen molar-refractivity contribution in [1.82, 2.24) is 15.0 Å². The molecule has 13 heavy (non-hydrogen) atoms. The first-order chi connectivity index (χ1) is 6.19. The standard InChI is InChI=1S/C8H15N3OS/c1-5-6(11(2)3)7-9-8(13-4)10-12-7/h6H,5H2,1-4H3. The Morgan fingerprint density at radius 1 is 1.54 bits per heavy atom. The van der Waals surface area contributed by atoms with E-state index in [2.05, 4.69) is 22.0 Å². The van der Waals surface area contributed by atoms with E-state index < -0.39 is 0 Å². The lowest BCUT2D eigenvalue weighted by molar-refractivity contribution is 0.223. The van der Waals surface area contributed by atoms with Crippen LogP contribution in [0.15, 0.2) is 9.68 Å². The summed E-state index contributed by atoms with van der Waals surface area (Å²) in [6.45, 7) is 2.10. The van der Waals surface area contributed by atoms with Crippen LogP contribution in [-0.4, -0.2) is 35.4 Å². The largest absolute Gasteiger partial charge is 0.337 e. The minimum absolute atomic E-state index is 0.230. The Morgan fingerprint density at radius 2 is 2.23 bits per heavy atom. The summed E-state index contributed by atoms with van der Waals surface area (Å²) in [5, 5.41) is 4.54. The molecule has 5 heteroatoms. The van der Waals surface area contributed by atoms with Crippen LogP contribution in [-0.2, 0) is 0 Å². The van der Waals surface area contributed by atoms with Crippen LogP contribution in [0.5, 0.6) is 0 Å². The highest BCUT2D eigenvalue weighted by Crippen LogP contribution is 2.21. The molecule has 1 rings (SSSR count). The van der Waals surface area contributed by atoms with Gasteiger partial charge in [0.2, 0.25) is 11.0 Å². The third kappa shape index (κ3) is 2.45. The number of hydrogen-bond acceptors (Lipinski definition) is 5. The van der Waals surface area contributed by atoms with Gasteiger partial charge < -0.3 is 4.52 Å². The molecule has 0 aliphatic rings. The number of rotatable bonds is 4. The molecule has 1 heterocycles. The minimum atomic E-state index is 0.230. The zero-order chi connectivity index (χ0) is 9.84. The first-order valence-corrected chi connectivity index (χ1v) is 5.45. The lowest BCUT2D eigenvalue weighted by Crippen LogP contribution is -2.19. The molecule has 0 saturated heterocycles. The van der Waals surface area contributed by atoms with Crippen LogP contribution in [0.1, 0.15) is 25.3 Å². The van der Waals surface area contributed by atoms with Gasteiger partial charge in [0.15, 0.2) is 0 Å². The topological polar surface area (TPSA) is 42.2 Å². The van der Waals surface area contributed by atoms with E-state index in [0.717, 1.165) is 6.42 Å². The molecule has 1 aromatic rings. The van der Waals surface area contributed by atoms with Crippen LogP contribution in [0.2, 0.25) is 0 Å². The molecule has 0 aromatic carbocycles. The first kappa shape index (κ1) is 10.5. The second kappa shape index (κ2) is 4.62. The Balaban J connectivity index is 2.79. The first-order valence-electron chi connectivity index (χ1n) is 4.23. The van der Waals surface area contributed by atoms with Crippen LogP contribution in [0.4, 0.5) is 0 Å². The SMILES string of the molecule is CCC(c1nc(SC)no1)N(C)C. The number of aromatic nitrogens is 2. The number of thioether (sulfide) groups is 1. The van der Waals surface area contributed by atoms with Crippen LogP contribution in [0.25, 0.3) is 0 Å². The van der Waals surface area contributed by atoms with Crippen molar-refractivity contribution in [3.8, 4) is 0 Å². The van der Waals surface area contributed by atoms with Crippen molar-refractivity contribution in [2.45, 2.75) is 24.5 Å². The smallest absolute Gasteiger partial charge is 0.244 e. The maximum absolute atomic E-state index is 5.15. The van der Waals surface area contributed by atoms with Gasteiger partial charge in [0.05, 0.1) is 6.04 Å². The summed E-state index contributed by atoms with van der Waals surface area (Å²) < 4.78 is 5.15. The van der Waals surface area contributed by atoms with Crippen molar-refractivity contribution in [3.63, 3.8) is 0 Å². The molecule has 0 spiro atoms. The molecule has 0 amide bonds. The predicted molar refractivity (Wildman–Crippen MR) is 52.8 cm³/mol. The van der Waals surface area contributed by atoms with Crippen LogP contribution >= 0.6 is 11.8 Å². The van der Waals surface area contributed by atoms with Gasteiger partial charge in [-0.05, 0) is 26.8 Å². The zero-order valence-corrected chi connectivity index (χ0v) is 9.26. The third-order valence-corrected chi connectivity index (χ3v) is 2.43. The molecule has 0 saturated carbocycles. The molecule has 0 bridgehead atoms. The van der Waals surface area contributed by atoms with Crippen LogP contribution in [0, 0.1) is 0 Å². The Hall–Kier alpha value is -0.550. The molecule has 4 nitrogen and oxygen atoms in total. The van der Waals surface area contributed by atoms with E-state index in [1.165, 1.54) is 11.8 Å². The molecule has 0 N–H and O–H groups in total. The average molecular weight is 201 g/mol. The summed E-state index contributed by atoms with van der Waals surface area (Å²) in [5.41, 5.74) is 0. The van der Waals surface area contributed by atoms with Crippen LogP contribution < -0.4 is 0 Å². The second-order valence-corrected chi connectivity index (χ2v) is 3.78. The van der Waals surface area contributed by atoms with Gasteiger partial charge in [-0.3, -0.25) is 4.90 Å². The van der Waals surface area contributed by atoms with E-state index in [1.54, 1.807) is 0 Å². The van der Waals surface area contributed by atoms with Crippen molar-refractivity contribution in [3.05, 3.63) is 5.89 Å². The highest BCUT2D eigenvalue weighted by molar-refractivity contribution is 7.98. The van der Waals surface area contributed by atoms with Crippen molar-refractivity contribution in [2.24, 2.45) is 0 Å². The van der Waals surface area contributed by atoms with Gasteiger partial charge in [-0.2, -0.15) is 4.98 Å². The zero-order valence-electron chi connectivity index (χ0n) is 8.44. The fraction of sp³-hybridized carbons (Fsp3) is 0.750. The summed E-state index contributed by atoms with van der Waals surface area (Å²) in [6.07, 6.45) is 2.91. The van der Waals surface area contributed by atoms with Crippen molar-refractivity contribution >= 4 is 11.8 Å². The number of nitrogens with zero attached hydrogens (tertiary/aromatic N) is 3. The van der Waals surface area contributed by atoms with Gasteiger partial charge in [0.25, 0.3) is 0 Å². The Kier molecular flexibility index (Phi) is 3.74. The van der Waals surface area contributed by atoms with E-state index in [1.807, 2.05) is 20.4 Å². The Bertz CT molecular complexity index is 262. The van der Waals surface area contributed by atoms with E-state index in [9.17, 15) is 0 Å². The molecule has 74 valence electrons. The monoisotopic (exact) mass is 201 g/mol. The van der Waals surface area contributed by atoms with E-state index >= 15 is 0 Å². The Labute approximate surface area is 82.7 Å². The van der Waals surface area contributed by atoms with Crippen molar-refractivity contribution in [1.29, 1.82) is 0 Å². The number of hydrogen-bond donors (Lipinski definition) is 0. The van der Waals surface area contributed by atoms with E-state index in [4.69, 9.17) is 4.52 Å². The lowest BCUT2D eigenvalue weighted by Gasteiger charge is -2.17. The summed E-state index contributed by atoms with van der Waals surface area (Å²) in [6, 6.07) is 0.230. The van der Waals surface area contributed by atoms with Gasteiger partial charge in [-0.1, -0.05) is 23.8 Å². The van der Waals surface area contributed by atoms with E-state index in [-0.39, 0.29) is 6.04 Å². The lowest BCUT2D eigenvalue weighted by atomic mass is 10.2. The fourth-order valence-electron chi connectivity index (χ4n) is 1.20. The summed E-state index contributed by atoms with van der Waals surface area (Å²) in [5.74, 6) is 0.705. The quantitative estimate of drug-likeness (QED) is 0.695. The summed E-state index contributed by atoms with van der Waals surface area (Å²) in [4.78, 5) is 6.35. The molecular formula is C8H15N3OS. The van der Waals surface area contributed by atoms with Gasteiger partial charge in [0.1, 0.15) is 0 Å². The molecule has 1 atom stereocenters. The molecule has 1 aromatic heterocycles. The second-order valence-electron chi connectivity index (χ2n) is 3.01. The van der Waals surface area contributed by atoms with E-state index in [0.29, 0.717) is 11.0 Å². The summed E-state index contributed by atoms with van der Waals surface area (Å²) >= 11 is 1.49. The minimum Gasteiger partial charge on any atom is -0.337 e. The van der Waals surface area contributed by atoms with Gasteiger partial charge >= 0.3 is 0 Å². The highest BCUT2D eigenvalue weighted by atomic mass is 32.2.